The van der Waals surface area contributed by atoms with Crippen LogP contribution in [0, 0.1) is 6.92 Å². The van der Waals surface area contributed by atoms with Crippen molar-refractivity contribution >= 4 is 0 Å². The van der Waals surface area contributed by atoms with Crippen LogP contribution in [0.15, 0.2) is 24.3 Å². The summed E-state index contributed by atoms with van der Waals surface area (Å²) in [5.74, 6) is 0. The third-order valence-electron chi connectivity index (χ3n) is 3.98. The molecule has 1 aromatic rings. The first-order valence-electron chi connectivity index (χ1n) is 7.32. The van der Waals surface area contributed by atoms with E-state index in [0.29, 0.717) is 6.04 Å². The van der Waals surface area contributed by atoms with Crippen LogP contribution >= 0.6 is 0 Å². The van der Waals surface area contributed by atoms with Crippen molar-refractivity contribution in [2.75, 3.05) is 19.6 Å². The van der Waals surface area contributed by atoms with E-state index in [-0.39, 0.29) is 0 Å². The predicted octanol–water partition coefficient (Wildman–Crippen LogP) is 3.26. The summed E-state index contributed by atoms with van der Waals surface area (Å²) in [7, 11) is 0. The average molecular weight is 246 g/mol. The summed E-state index contributed by atoms with van der Waals surface area (Å²) in [4.78, 5) is 2.59. The quantitative estimate of drug-likeness (QED) is 0.887. The zero-order valence-electron chi connectivity index (χ0n) is 11.6. The molecular formula is C16H26N2. The van der Waals surface area contributed by atoms with Crippen LogP contribution in [-0.4, -0.2) is 24.5 Å². The Balaban J connectivity index is 2.10. The van der Waals surface area contributed by atoms with Crippen molar-refractivity contribution in [2.45, 2.75) is 45.1 Å². The van der Waals surface area contributed by atoms with Gasteiger partial charge in [-0.3, -0.25) is 4.90 Å². The number of benzene rings is 1. The van der Waals surface area contributed by atoms with Gasteiger partial charge in [-0.05, 0) is 38.4 Å². The molecule has 0 radical (unpaired) electrons. The van der Waals surface area contributed by atoms with Gasteiger partial charge >= 0.3 is 0 Å². The Kier molecular flexibility index (Phi) is 5.21. The lowest BCUT2D eigenvalue weighted by molar-refractivity contribution is 0.183. The van der Waals surface area contributed by atoms with E-state index < -0.39 is 0 Å². The third-order valence-corrected chi connectivity index (χ3v) is 3.98. The maximum absolute atomic E-state index is 6.03. The minimum Gasteiger partial charge on any atom is -0.329 e. The number of nitrogens with zero attached hydrogens (tertiary/aromatic N) is 1. The Labute approximate surface area is 111 Å². The van der Waals surface area contributed by atoms with Crippen molar-refractivity contribution in [1.29, 1.82) is 0 Å². The van der Waals surface area contributed by atoms with Crippen molar-refractivity contribution in [3.8, 4) is 0 Å². The molecule has 1 aliphatic heterocycles. The standard InChI is InChI=1S/C16H26N2/c1-14-8-7-9-15(12-14)16(13-17)18-10-5-3-2-4-6-11-18/h7-9,12,16H,2-6,10-11,13,17H2,1H3. The zero-order valence-corrected chi connectivity index (χ0v) is 11.6. The molecule has 0 saturated carbocycles. The number of rotatable bonds is 3. The summed E-state index contributed by atoms with van der Waals surface area (Å²) in [6, 6.07) is 9.23. The van der Waals surface area contributed by atoms with Crippen molar-refractivity contribution in [1.82, 2.24) is 4.90 Å². The van der Waals surface area contributed by atoms with E-state index in [0.717, 1.165) is 6.54 Å². The Morgan fingerprint density at radius 3 is 2.39 bits per heavy atom. The minimum atomic E-state index is 0.406. The zero-order chi connectivity index (χ0) is 12.8. The van der Waals surface area contributed by atoms with Gasteiger partial charge in [-0.1, -0.05) is 49.1 Å². The number of hydrogen-bond acceptors (Lipinski definition) is 2. The van der Waals surface area contributed by atoms with Gasteiger partial charge in [-0.15, -0.1) is 0 Å². The second-order valence-corrected chi connectivity index (χ2v) is 5.47. The summed E-state index contributed by atoms with van der Waals surface area (Å²) in [6.45, 7) is 5.29. The first-order valence-corrected chi connectivity index (χ1v) is 7.32. The molecule has 0 bridgehead atoms. The Morgan fingerprint density at radius 1 is 1.11 bits per heavy atom. The Hall–Kier alpha value is -0.860. The van der Waals surface area contributed by atoms with Crippen LogP contribution in [0.5, 0.6) is 0 Å². The topological polar surface area (TPSA) is 29.3 Å². The van der Waals surface area contributed by atoms with E-state index in [1.165, 1.54) is 56.3 Å². The molecule has 0 aliphatic carbocycles. The van der Waals surface area contributed by atoms with Crippen LogP contribution in [0.4, 0.5) is 0 Å². The van der Waals surface area contributed by atoms with Crippen LogP contribution in [0.2, 0.25) is 0 Å². The van der Waals surface area contributed by atoms with Gasteiger partial charge in [0.15, 0.2) is 0 Å². The number of nitrogens with two attached hydrogens (primary N) is 1. The largest absolute Gasteiger partial charge is 0.329 e. The highest BCUT2D eigenvalue weighted by Crippen LogP contribution is 2.23. The molecule has 18 heavy (non-hydrogen) atoms. The fourth-order valence-electron chi connectivity index (χ4n) is 2.96. The monoisotopic (exact) mass is 246 g/mol. The van der Waals surface area contributed by atoms with E-state index in [1.54, 1.807) is 0 Å². The molecule has 0 aromatic heterocycles. The first kappa shape index (κ1) is 13.6. The molecule has 1 fully saturated rings. The van der Waals surface area contributed by atoms with Crippen LogP contribution in [0.3, 0.4) is 0 Å². The maximum atomic E-state index is 6.03. The highest BCUT2D eigenvalue weighted by atomic mass is 15.2. The summed E-state index contributed by atoms with van der Waals surface area (Å²) < 4.78 is 0. The van der Waals surface area contributed by atoms with Crippen LogP contribution in [-0.2, 0) is 0 Å². The molecule has 2 rings (SSSR count). The highest BCUT2D eigenvalue weighted by Gasteiger charge is 2.19. The van der Waals surface area contributed by atoms with Crippen molar-refractivity contribution in [3.63, 3.8) is 0 Å². The number of aryl methyl sites for hydroxylation is 1. The maximum Gasteiger partial charge on any atom is 0.0470 e. The lowest BCUT2D eigenvalue weighted by Crippen LogP contribution is -2.36. The molecule has 1 atom stereocenters. The summed E-state index contributed by atoms with van der Waals surface area (Å²) >= 11 is 0. The molecule has 2 nitrogen and oxygen atoms in total. The van der Waals surface area contributed by atoms with Gasteiger partial charge in [0.25, 0.3) is 0 Å². The van der Waals surface area contributed by atoms with Gasteiger partial charge in [0.05, 0.1) is 0 Å². The second kappa shape index (κ2) is 6.91. The molecule has 0 amide bonds. The van der Waals surface area contributed by atoms with Crippen molar-refractivity contribution in [2.24, 2.45) is 5.73 Å². The van der Waals surface area contributed by atoms with E-state index in [2.05, 4.69) is 36.1 Å². The molecule has 1 aromatic carbocycles. The number of hydrogen-bond donors (Lipinski definition) is 1. The summed E-state index contributed by atoms with van der Waals surface area (Å²) in [5, 5.41) is 0. The minimum absolute atomic E-state index is 0.406. The fourth-order valence-corrected chi connectivity index (χ4v) is 2.96. The van der Waals surface area contributed by atoms with E-state index >= 15 is 0 Å². The van der Waals surface area contributed by atoms with Crippen LogP contribution in [0.25, 0.3) is 0 Å². The van der Waals surface area contributed by atoms with E-state index in [4.69, 9.17) is 5.73 Å². The molecule has 100 valence electrons. The van der Waals surface area contributed by atoms with Gasteiger partial charge in [0.1, 0.15) is 0 Å². The van der Waals surface area contributed by atoms with Gasteiger partial charge in [-0.25, -0.2) is 0 Å². The lowest BCUT2D eigenvalue weighted by atomic mass is 10.0. The van der Waals surface area contributed by atoms with Crippen molar-refractivity contribution < 1.29 is 0 Å². The predicted molar refractivity (Wildman–Crippen MR) is 77.6 cm³/mol. The smallest absolute Gasteiger partial charge is 0.0470 e. The highest BCUT2D eigenvalue weighted by molar-refractivity contribution is 5.25. The molecule has 2 heteroatoms. The van der Waals surface area contributed by atoms with Crippen LogP contribution < -0.4 is 5.73 Å². The summed E-state index contributed by atoms with van der Waals surface area (Å²) in [5.41, 5.74) is 8.75. The lowest BCUT2D eigenvalue weighted by Gasteiger charge is -2.32. The molecule has 1 aliphatic rings. The third kappa shape index (κ3) is 3.56. The van der Waals surface area contributed by atoms with E-state index in [1.807, 2.05) is 0 Å². The first-order chi connectivity index (χ1) is 8.81. The molecule has 1 unspecified atom stereocenters. The fraction of sp³-hybridized carbons (Fsp3) is 0.625. The molecule has 0 spiro atoms. The SMILES string of the molecule is Cc1cccc(C(CN)N2CCCCCCC2)c1. The van der Waals surface area contributed by atoms with Gasteiger partial charge in [0.2, 0.25) is 0 Å². The van der Waals surface area contributed by atoms with Gasteiger partial charge in [-0.2, -0.15) is 0 Å². The molecule has 2 N–H and O–H groups in total. The average Bonchev–Trinajstić information content (AvgIpc) is 2.32. The Bertz CT molecular complexity index is 354. The second-order valence-electron chi connectivity index (χ2n) is 5.47. The van der Waals surface area contributed by atoms with Crippen molar-refractivity contribution in [3.05, 3.63) is 35.4 Å². The van der Waals surface area contributed by atoms with E-state index in [9.17, 15) is 0 Å². The summed E-state index contributed by atoms with van der Waals surface area (Å²) in [6.07, 6.45) is 6.80. The number of likely N-dealkylation sites (tertiary alicyclic amines) is 1. The van der Waals surface area contributed by atoms with Gasteiger partial charge < -0.3 is 5.73 Å². The Morgan fingerprint density at radius 2 is 1.78 bits per heavy atom. The van der Waals surface area contributed by atoms with Gasteiger partial charge in [0, 0.05) is 12.6 Å². The molecular weight excluding hydrogens is 220 g/mol. The molecule has 1 heterocycles. The van der Waals surface area contributed by atoms with Crippen LogP contribution in [0.1, 0.15) is 49.3 Å². The normalized spacial score (nSPS) is 20.1. The molecule has 1 saturated heterocycles.